The second kappa shape index (κ2) is 3.91. The lowest BCUT2D eigenvalue weighted by molar-refractivity contribution is -0.141. The molecule has 1 N–H and O–H groups in total. The third kappa shape index (κ3) is 2.95. The smallest absolute Gasteiger partial charge is 0.393 e. The Bertz CT molecular complexity index is 312. The van der Waals surface area contributed by atoms with Gasteiger partial charge in [0.15, 0.2) is 0 Å². The van der Waals surface area contributed by atoms with Gasteiger partial charge in [0, 0.05) is 12.6 Å². The van der Waals surface area contributed by atoms with Crippen LogP contribution < -0.4 is 0 Å². The van der Waals surface area contributed by atoms with Gasteiger partial charge in [0.05, 0.1) is 6.10 Å². The fourth-order valence-corrected chi connectivity index (χ4v) is 0.920. The Hall–Kier alpha value is -1.17. The van der Waals surface area contributed by atoms with Gasteiger partial charge >= 0.3 is 6.18 Å². The number of alkyl halides is 3. The minimum absolute atomic E-state index is 0.00479. The standard InChI is InChI=1S/C8H9F3N2O/c1-5(14)4-7-12-3-2-6(13-7)8(9,10)11/h2-3,5,14H,4H2,1H3. The van der Waals surface area contributed by atoms with Gasteiger partial charge in [0.1, 0.15) is 11.5 Å². The molecule has 3 nitrogen and oxygen atoms in total. The highest BCUT2D eigenvalue weighted by molar-refractivity contribution is 5.06. The van der Waals surface area contributed by atoms with Gasteiger partial charge in [-0.15, -0.1) is 0 Å². The van der Waals surface area contributed by atoms with Crippen LogP contribution in [0.4, 0.5) is 13.2 Å². The summed E-state index contributed by atoms with van der Waals surface area (Å²) in [6.07, 6.45) is -4.16. The van der Waals surface area contributed by atoms with E-state index in [1.54, 1.807) is 0 Å². The summed E-state index contributed by atoms with van der Waals surface area (Å²) >= 11 is 0. The van der Waals surface area contributed by atoms with E-state index in [0.29, 0.717) is 0 Å². The molecule has 0 fully saturated rings. The Morgan fingerprint density at radius 3 is 2.64 bits per heavy atom. The predicted octanol–water partition coefficient (Wildman–Crippen LogP) is 1.42. The molecule has 1 atom stereocenters. The molecule has 6 heteroatoms. The average Bonchev–Trinajstić information content (AvgIpc) is 2.01. The normalized spacial score (nSPS) is 14.1. The SMILES string of the molecule is CC(O)Cc1nccc(C(F)(F)F)n1. The van der Waals surface area contributed by atoms with E-state index >= 15 is 0 Å². The largest absolute Gasteiger partial charge is 0.433 e. The maximum absolute atomic E-state index is 12.2. The molecule has 1 rings (SSSR count). The quantitative estimate of drug-likeness (QED) is 0.795. The van der Waals surface area contributed by atoms with Crippen molar-refractivity contribution in [2.75, 3.05) is 0 Å². The Balaban J connectivity index is 2.90. The van der Waals surface area contributed by atoms with Crippen molar-refractivity contribution in [3.05, 3.63) is 23.8 Å². The first-order valence-electron chi connectivity index (χ1n) is 3.97. The lowest BCUT2D eigenvalue weighted by atomic mass is 10.2. The fraction of sp³-hybridized carbons (Fsp3) is 0.500. The summed E-state index contributed by atoms with van der Waals surface area (Å²) in [5, 5.41) is 8.94. The number of aromatic nitrogens is 2. The van der Waals surface area contributed by atoms with E-state index in [0.717, 1.165) is 12.3 Å². The van der Waals surface area contributed by atoms with E-state index in [4.69, 9.17) is 5.11 Å². The van der Waals surface area contributed by atoms with E-state index in [1.807, 2.05) is 0 Å². The van der Waals surface area contributed by atoms with Gasteiger partial charge in [0.25, 0.3) is 0 Å². The number of aliphatic hydroxyl groups is 1. The molecule has 0 aliphatic heterocycles. The van der Waals surface area contributed by atoms with Crippen LogP contribution in [0.1, 0.15) is 18.4 Å². The van der Waals surface area contributed by atoms with E-state index in [1.165, 1.54) is 6.92 Å². The second-order valence-electron chi connectivity index (χ2n) is 2.91. The van der Waals surface area contributed by atoms with Crippen LogP contribution in [0.25, 0.3) is 0 Å². The first kappa shape index (κ1) is 10.9. The molecule has 14 heavy (non-hydrogen) atoms. The summed E-state index contributed by atoms with van der Waals surface area (Å²) in [7, 11) is 0. The number of halogens is 3. The molecule has 1 heterocycles. The van der Waals surface area contributed by atoms with Gasteiger partial charge in [-0.25, -0.2) is 9.97 Å². The van der Waals surface area contributed by atoms with Crippen LogP contribution in [0.5, 0.6) is 0 Å². The van der Waals surface area contributed by atoms with E-state index in [-0.39, 0.29) is 12.2 Å². The van der Waals surface area contributed by atoms with Crippen LogP contribution in [0, 0.1) is 0 Å². The van der Waals surface area contributed by atoms with Gasteiger partial charge < -0.3 is 5.11 Å². The van der Waals surface area contributed by atoms with Crippen molar-refractivity contribution >= 4 is 0 Å². The lowest BCUT2D eigenvalue weighted by Gasteiger charge is -2.07. The summed E-state index contributed by atoms with van der Waals surface area (Å²) in [4.78, 5) is 6.91. The zero-order valence-corrected chi connectivity index (χ0v) is 7.41. The summed E-state index contributed by atoms with van der Waals surface area (Å²) in [5.74, 6) is -0.00479. The third-order valence-corrected chi connectivity index (χ3v) is 1.47. The van der Waals surface area contributed by atoms with Crippen LogP contribution in [0.2, 0.25) is 0 Å². The minimum atomic E-state index is -4.46. The maximum atomic E-state index is 12.2. The van der Waals surface area contributed by atoms with Crippen molar-refractivity contribution in [2.24, 2.45) is 0 Å². The maximum Gasteiger partial charge on any atom is 0.433 e. The highest BCUT2D eigenvalue weighted by atomic mass is 19.4. The molecule has 1 aromatic rings. The molecule has 0 saturated carbocycles. The molecule has 0 bridgehead atoms. The van der Waals surface area contributed by atoms with E-state index in [2.05, 4.69) is 9.97 Å². The first-order chi connectivity index (χ1) is 6.39. The highest BCUT2D eigenvalue weighted by Crippen LogP contribution is 2.26. The summed E-state index contributed by atoms with van der Waals surface area (Å²) < 4.78 is 36.5. The number of aliphatic hydroxyl groups excluding tert-OH is 1. The minimum Gasteiger partial charge on any atom is -0.393 e. The molecule has 0 aromatic carbocycles. The second-order valence-corrected chi connectivity index (χ2v) is 2.91. The zero-order chi connectivity index (χ0) is 10.8. The van der Waals surface area contributed by atoms with Crippen LogP contribution in [-0.4, -0.2) is 21.2 Å². The molecule has 0 spiro atoms. The third-order valence-electron chi connectivity index (χ3n) is 1.47. The van der Waals surface area contributed by atoms with Crippen LogP contribution >= 0.6 is 0 Å². The molecule has 0 aliphatic rings. The monoisotopic (exact) mass is 206 g/mol. The molecule has 0 saturated heterocycles. The molecule has 1 aromatic heterocycles. The van der Waals surface area contributed by atoms with Gasteiger partial charge in [-0.3, -0.25) is 0 Å². The number of hydrogen-bond donors (Lipinski definition) is 1. The number of rotatable bonds is 2. The van der Waals surface area contributed by atoms with Gasteiger partial charge in [0.2, 0.25) is 0 Å². The Morgan fingerprint density at radius 1 is 1.50 bits per heavy atom. The molecule has 78 valence electrons. The van der Waals surface area contributed by atoms with Gasteiger partial charge in [-0.05, 0) is 13.0 Å². The number of hydrogen-bond acceptors (Lipinski definition) is 3. The van der Waals surface area contributed by atoms with Crippen molar-refractivity contribution in [3.63, 3.8) is 0 Å². The lowest BCUT2D eigenvalue weighted by Crippen LogP contribution is -2.13. The van der Waals surface area contributed by atoms with E-state index in [9.17, 15) is 13.2 Å². The van der Waals surface area contributed by atoms with Crippen LogP contribution in [0.15, 0.2) is 12.3 Å². The predicted molar refractivity (Wildman–Crippen MR) is 42.4 cm³/mol. The Kier molecular flexibility index (Phi) is 3.05. The van der Waals surface area contributed by atoms with E-state index < -0.39 is 18.0 Å². The van der Waals surface area contributed by atoms with Crippen molar-refractivity contribution in [2.45, 2.75) is 25.6 Å². The molecular formula is C8H9F3N2O. The van der Waals surface area contributed by atoms with Crippen molar-refractivity contribution in [1.29, 1.82) is 0 Å². The highest BCUT2D eigenvalue weighted by Gasteiger charge is 2.32. The fourth-order valence-electron chi connectivity index (χ4n) is 0.920. The summed E-state index contributed by atoms with van der Waals surface area (Å²) in [6.45, 7) is 1.46. The van der Waals surface area contributed by atoms with Crippen molar-refractivity contribution in [1.82, 2.24) is 9.97 Å². The topological polar surface area (TPSA) is 46.0 Å². The Morgan fingerprint density at radius 2 is 2.14 bits per heavy atom. The molecule has 1 unspecified atom stereocenters. The summed E-state index contributed by atoms with van der Waals surface area (Å²) in [5.41, 5.74) is -0.983. The summed E-state index contributed by atoms with van der Waals surface area (Å²) in [6, 6.07) is 0.797. The average molecular weight is 206 g/mol. The van der Waals surface area contributed by atoms with Crippen LogP contribution in [0.3, 0.4) is 0 Å². The first-order valence-corrected chi connectivity index (χ1v) is 3.97. The zero-order valence-electron chi connectivity index (χ0n) is 7.41. The van der Waals surface area contributed by atoms with Crippen molar-refractivity contribution in [3.8, 4) is 0 Å². The Labute approximate surface area is 78.6 Å². The number of nitrogens with zero attached hydrogens (tertiary/aromatic N) is 2. The molecule has 0 aliphatic carbocycles. The molecular weight excluding hydrogens is 197 g/mol. The molecule has 0 radical (unpaired) electrons. The van der Waals surface area contributed by atoms with Crippen molar-refractivity contribution < 1.29 is 18.3 Å². The van der Waals surface area contributed by atoms with Gasteiger partial charge in [-0.1, -0.05) is 0 Å². The van der Waals surface area contributed by atoms with Gasteiger partial charge in [-0.2, -0.15) is 13.2 Å². The molecule has 0 amide bonds. The van der Waals surface area contributed by atoms with Crippen LogP contribution in [-0.2, 0) is 12.6 Å².